The van der Waals surface area contributed by atoms with E-state index in [9.17, 15) is 4.79 Å². The summed E-state index contributed by atoms with van der Waals surface area (Å²) in [6, 6.07) is 10.1. The predicted molar refractivity (Wildman–Crippen MR) is 79.8 cm³/mol. The Bertz CT molecular complexity index is 447. The topological polar surface area (TPSA) is 44.8 Å². The van der Waals surface area contributed by atoms with Gasteiger partial charge in [-0.25, -0.2) is 0 Å². The molecule has 4 nitrogen and oxygen atoms in total. The summed E-state index contributed by atoms with van der Waals surface area (Å²) in [5.74, 6) is -0.226. The van der Waals surface area contributed by atoms with E-state index < -0.39 is 5.41 Å². The Morgan fingerprint density at radius 1 is 1.29 bits per heavy atom. The third kappa shape index (κ3) is 4.05. The summed E-state index contributed by atoms with van der Waals surface area (Å²) in [5.41, 5.74) is 0.550. The van der Waals surface area contributed by atoms with E-state index in [0.29, 0.717) is 13.2 Å². The van der Waals surface area contributed by atoms with Gasteiger partial charge in [-0.1, -0.05) is 30.3 Å². The molecule has 0 unspecified atom stereocenters. The minimum Gasteiger partial charge on any atom is -0.469 e. The number of ether oxygens (including phenoxy) is 3. The Kier molecular flexibility index (Phi) is 5.37. The lowest BCUT2D eigenvalue weighted by atomic mass is 9.82. The lowest BCUT2D eigenvalue weighted by molar-refractivity contribution is -0.170. The molecule has 1 aromatic carbocycles. The third-order valence-electron chi connectivity index (χ3n) is 4.08. The summed E-state index contributed by atoms with van der Waals surface area (Å²) in [7, 11) is 1.42. The van der Waals surface area contributed by atoms with E-state index in [2.05, 4.69) is 0 Å². The van der Waals surface area contributed by atoms with Crippen molar-refractivity contribution in [1.29, 1.82) is 0 Å². The quantitative estimate of drug-likeness (QED) is 0.783. The molecule has 0 amide bonds. The minimum absolute atomic E-state index is 0.0925. The summed E-state index contributed by atoms with van der Waals surface area (Å²) in [6.07, 6.45) is 1.69. The molecular formula is C17H24O4. The summed E-state index contributed by atoms with van der Waals surface area (Å²) in [5, 5.41) is 0. The van der Waals surface area contributed by atoms with Crippen LogP contribution in [0.4, 0.5) is 0 Å². The normalized spacial score (nSPS) is 22.8. The van der Waals surface area contributed by atoms with Crippen molar-refractivity contribution in [2.45, 2.75) is 45.5 Å². The second kappa shape index (κ2) is 7.05. The van der Waals surface area contributed by atoms with Gasteiger partial charge in [0, 0.05) is 0 Å². The Balaban J connectivity index is 1.79. The van der Waals surface area contributed by atoms with Gasteiger partial charge in [-0.3, -0.25) is 4.79 Å². The fraction of sp³-hybridized carbons (Fsp3) is 0.588. The minimum atomic E-state index is -0.612. The molecule has 0 aromatic heterocycles. The van der Waals surface area contributed by atoms with Crippen LogP contribution in [0.2, 0.25) is 0 Å². The average molecular weight is 292 g/mol. The highest BCUT2D eigenvalue weighted by Crippen LogP contribution is 2.32. The van der Waals surface area contributed by atoms with E-state index in [0.717, 1.165) is 18.4 Å². The van der Waals surface area contributed by atoms with Crippen LogP contribution in [-0.2, 0) is 25.6 Å². The van der Waals surface area contributed by atoms with Crippen molar-refractivity contribution in [3.63, 3.8) is 0 Å². The Labute approximate surface area is 126 Å². The zero-order valence-corrected chi connectivity index (χ0v) is 13.0. The first-order valence-corrected chi connectivity index (χ1v) is 7.39. The summed E-state index contributed by atoms with van der Waals surface area (Å²) < 4.78 is 16.6. The lowest BCUT2D eigenvalue weighted by Gasteiger charge is -2.37. The van der Waals surface area contributed by atoms with Crippen LogP contribution in [0, 0.1) is 5.41 Å². The lowest BCUT2D eigenvalue weighted by Crippen LogP contribution is -2.44. The Morgan fingerprint density at radius 3 is 2.57 bits per heavy atom. The smallest absolute Gasteiger partial charge is 0.313 e. The fourth-order valence-electron chi connectivity index (χ4n) is 2.61. The van der Waals surface area contributed by atoms with Crippen LogP contribution in [-0.4, -0.2) is 31.9 Å². The number of benzene rings is 1. The van der Waals surface area contributed by atoms with Crippen molar-refractivity contribution in [3.05, 3.63) is 35.9 Å². The van der Waals surface area contributed by atoms with E-state index >= 15 is 0 Å². The van der Waals surface area contributed by atoms with Crippen LogP contribution < -0.4 is 0 Å². The van der Waals surface area contributed by atoms with Gasteiger partial charge in [0.25, 0.3) is 0 Å². The van der Waals surface area contributed by atoms with E-state index in [-0.39, 0.29) is 18.2 Å². The summed E-state index contributed by atoms with van der Waals surface area (Å²) >= 11 is 0. The van der Waals surface area contributed by atoms with Crippen LogP contribution in [0.25, 0.3) is 0 Å². The second-order valence-corrected chi connectivity index (χ2v) is 6.03. The van der Waals surface area contributed by atoms with Crippen molar-refractivity contribution in [2.24, 2.45) is 5.41 Å². The van der Waals surface area contributed by atoms with Gasteiger partial charge in [-0.05, 0) is 32.3 Å². The number of rotatable bonds is 5. The van der Waals surface area contributed by atoms with Gasteiger partial charge in [-0.2, -0.15) is 0 Å². The molecular weight excluding hydrogens is 268 g/mol. The molecule has 0 radical (unpaired) electrons. The number of hydrogen-bond acceptors (Lipinski definition) is 4. The molecule has 2 rings (SSSR count). The maximum Gasteiger partial charge on any atom is 0.313 e. The molecule has 4 heteroatoms. The van der Waals surface area contributed by atoms with Gasteiger partial charge < -0.3 is 14.2 Å². The van der Waals surface area contributed by atoms with Crippen LogP contribution in [0.1, 0.15) is 32.3 Å². The molecule has 1 fully saturated rings. The molecule has 1 aliphatic rings. The van der Waals surface area contributed by atoms with Crippen molar-refractivity contribution in [2.75, 3.05) is 13.7 Å². The molecule has 0 saturated carbocycles. The molecule has 21 heavy (non-hydrogen) atoms. The van der Waals surface area contributed by atoms with E-state index in [1.807, 2.05) is 44.2 Å². The molecule has 116 valence electrons. The molecule has 0 N–H and O–H groups in total. The number of carbonyl (C=O) groups excluding carboxylic acids is 1. The standard InChI is InChI=1S/C17H24O4/c1-17(2,16(18)19-3)15-10-9-14(12-21-15)20-11-13-7-5-4-6-8-13/h4-8,14-15H,9-12H2,1-3H3/t14-,15-/m0/s1. The molecule has 0 spiro atoms. The molecule has 0 aliphatic carbocycles. The van der Waals surface area contributed by atoms with Gasteiger partial charge in [-0.15, -0.1) is 0 Å². The SMILES string of the molecule is COC(=O)C(C)(C)[C@@H]1CC[C@H](OCc2ccccc2)CO1. The average Bonchev–Trinajstić information content (AvgIpc) is 2.53. The largest absolute Gasteiger partial charge is 0.469 e. The molecule has 1 aromatic rings. The van der Waals surface area contributed by atoms with Crippen molar-refractivity contribution in [1.82, 2.24) is 0 Å². The molecule has 1 heterocycles. The van der Waals surface area contributed by atoms with Gasteiger partial charge in [0.05, 0.1) is 37.9 Å². The third-order valence-corrected chi connectivity index (χ3v) is 4.08. The maximum atomic E-state index is 11.8. The second-order valence-electron chi connectivity index (χ2n) is 6.03. The van der Waals surface area contributed by atoms with Crippen LogP contribution in [0.3, 0.4) is 0 Å². The first kappa shape index (κ1) is 16.0. The summed E-state index contributed by atoms with van der Waals surface area (Å²) in [4.78, 5) is 11.8. The van der Waals surface area contributed by atoms with Crippen molar-refractivity contribution >= 4 is 5.97 Å². The van der Waals surface area contributed by atoms with Gasteiger partial charge >= 0.3 is 5.97 Å². The van der Waals surface area contributed by atoms with Crippen LogP contribution in [0.5, 0.6) is 0 Å². The van der Waals surface area contributed by atoms with E-state index in [1.165, 1.54) is 7.11 Å². The van der Waals surface area contributed by atoms with Gasteiger partial charge in [0.1, 0.15) is 0 Å². The highest BCUT2D eigenvalue weighted by atomic mass is 16.5. The van der Waals surface area contributed by atoms with Crippen LogP contribution >= 0.6 is 0 Å². The number of methoxy groups -OCH3 is 1. The highest BCUT2D eigenvalue weighted by Gasteiger charge is 2.41. The van der Waals surface area contributed by atoms with Crippen molar-refractivity contribution < 1.29 is 19.0 Å². The molecule has 1 aliphatic heterocycles. The molecule has 1 saturated heterocycles. The first-order chi connectivity index (χ1) is 10.0. The Morgan fingerprint density at radius 2 is 2.00 bits per heavy atom. The van der Waals surface area contributed by atoms with Crippen molar-refractivity contribution in [3.8, 4) is 0 Å². The monoisotopic (exact) mass is 292 g/mol. The summed E-state index contributed by atoms with van der Waals surface area (Å²) in [6.45, 7) is 4.86. The first-order valence-electron chi connectivity index (χ1n) is 7.39. The molecule has 2 atom stereocenters. The zero-order valence-electron chi connectivity index (χ0n) is 13.0. The maximum absolute atomic E-state index is 11.8. The number of carbonyl (C=O) groups is 1. The van der Waals surface area contributed by atoms with E-state index in [1.54, 1.807) is 0 Å². The molecule has 0 bridgehead atoms. The van der Waals surface area contributed by atoms with Gasteiger partial charge in [0.15, 0.2) is 0 Å². The highest BCUT2D eigenvalue weighted by molar-refractivity contribution is 5.76. The van der Waals surface area contributed by atoms with Gasteiger partial charge in [0.2, 0.25) is 0 Å². The Hall–Kier alpha value is -1.39. The van der Waals surface area contributed by atoms with E-state index in [4.69, 9.17) is 14.2 Å². The number of hydrogen-bond donors (Lipinski definition) is 0. The number of esters is 1. The fourth-order valence-corrected chi connectivity index (χ4v) is 2.61. The van der Waals surface area contributed by atoms with Crippen LogP contribution in [0.15, 0.2) is 30.3 Å². The predicted octanol–water partition coefficient (Wildman–Crippen LogP) is 2.95. The zero-order chi connectivity index (χ0) is 15.3.